The van der Waals surface area contributed by atoms with Crippen LogP contribution >= 0.6 is 0 Å². The molecule has 1 atom stereocenters. The lowest BCUT2D eigenvalue weighted by atomic mass is 9.87. The Bertz CT molecular complexity index is 1290. The fourth-order valence-corrected chi connectivity index (χ4v) is 4.28. The van der Waals surface area contributed by atoms with Crippen molar-refractivity contribution in [1.82, 2.24) is 9.78 Å². The van der Waals surface area contributed by atoms with Gasteiger partial charge in [-0.15, -0.1) is 0 Å². The summed E-state index contributed by atoms with van der Waals surface area (Å²) in [7, 11) is -1.47. The van der Waals surface area contributed by atoms with Gasteiger partial charge in [-0.05, 0) is 53.0 Å². The van der Waals surface area contributed by atoms with Crippen molar-refractivity contribution >= 4 is 33.5 Å². The first kappa shape index (κ1) is 20.9. The minimum atomic E-state index is -1.47. The van der Waals surface area contributed by atoms with Crippen LogP contribution < -0.4 is 15.2 Å². The average molecular weight is 437 g/mol. The van der Waals surface area contributed by atoms with Gasteiger partial charge in [-0.1, -0.05) is 39.0 Å². The number of aryl methyl sites for hydroxylation is 1. The predicted molar refractivity (Wildman–Crippen MR) is 123 cm³/mol. The van der Waals surface area contributed by atoms with Crippen LogP contribution in [0.3, 0.4) is 0 Å². The molecule has 2 aromatic heterocycles. The first-order chi connectivity index (χ1) is 14.6. The highest BCUT2D eigenvalue weighted by atomic mass is 32.2. The third kappa shape index (κ3) is 3.98. The minimum absolute atomic E-state index is 0.0323. The molecule has 0 spiro atoms. The molecule has 0 aliphatic rings. The van der Waals surface area contributed by atoms with Gasteiger partial charge in [-0.2, -0.15) is 5.10 Å². The molecule has 0 fully saturated rings. The Morgan fingerprint density at radius 2 is 1.81 bits per heavy atom. The molecule has 31 heavy (non-hydrogen) atoms. The molecule has 8 heteroatoms. The minimum Gasteiger partial charge on any atom is -0.349 e. The molecular formula is C23H26N5O2S+. The molecule has 2 aromatic carbocycles. The number of benzene rings is 2. The maximum Gasteiger partial charge on any atom is 0.312 e. The second-order valence-corrected chi connectivity index (χ2v) is 9.72. The summed E-state index contributed by atoms with van der Waals surface area (Å²) in [5.41, 5.74) is 9.08. The summed E-state index contributed by atoms with van der Waals surface area (Å²) in [6.07, 6.45) is 0. The number of nitrogens with zero attached hydrogens (tertiary/aromatic N) is 3. The Kier molecular flexibility index (Phi) is 5.18. The van der Waals surface area contributed by atoms with E-state index in [-0.39, 0.29) is 11.2 Å². The van der Waals surface area contributed by atoms with Crippen molar-refractivity contribution in [3.05, 3.63) is 71.9 Å². The number of nitrogen functional groups attached to an aromatic ring is 1. The van der Waals surface area contributed by atoms with Crippen molar-refractivity contribution in [3.8, 4) is 5.69 Å². The van der Waals surface area contributed by atoms with E-state index in [1.165, 1.54) is 5.56 Å². The Labute approximate surface area is 183 Å². The van der Waals surface area contributed by atoms with Gasteiger partial charge in [-0.25, -0.2) is 8.89 Å². The summed E-state index contributed by atoms with van der Waals surface area (Å²) in [6.45, 7) is 8.31. The van der Waals surface area contributed by atoms with Gasteiger partial charge in [0.1, 0.15) is 5.82 Å². The van der Waals surface area contributed by atoms with Crippen LogP contribution in [0.15, 0.2) is 65.6 Å². The highest BCUT2D eigenvalue weighted by Gasteiger charge is 2.18. The largest absolute Gasteiger partial charge is 0.349 e. The zero-order valence-electron chi connectivity index (χ0n) is 18.0. The van der Waals surface area contributed by atoms with Crippen molar-refractivity contribution < 1.29 is 14.1 Å². The fourth-order valence-electron chi connectivity index (χ4n) is 3.45. The molecule has 0 saturated carbocycles. The Hall–Kier alpha value is -3.39. The maximum atomic E-state index is 13.0. The molecule has 0 aliphatic carbocycles. The summed E-state index contributed by atoms with van der Waals surface area (Å²) < 4.78 is 18.7. The van der Waals surface area contributed by atoms with Crippen molar-refractivity contribution in [1.29, 1.82) is 0 Å². The molecule has 160 valence electrons. The van der Waals surface area contributed by atoms with Gasteiger partial charge in [-0.3, -0.25) is 10.5 Å². The predicted octanol–water partition coefficient (Wildman–Crippen LogP) is 3.87. The Morgan fingerprint density at radius 3 is 2.48 bits per heavy atom. The van der Waals surface area contributed by atoms with E-state index >= 15 is 0 Å². The third-order valence-corrected chi connectivity index (χ3v) is 6.24. The summed E-state index contributed by atoms with van der Waals surface area (Å²) >= 11 is 0. The van der Waals surface area contributed by atoms with Gasteiger partial charge in [0.2, 0.25) is 0 Å². The number of hydrogen-bond acceptors (Lipinski definition) is 4. The van der Waals surface area contributed by atoms with Crippen LogP contribution in [-0.4, -0.2) is 19.2 Å². The second kappa shape index (κ2) is 7.70. The first-order valence-electron chi connectivity index (χ1n) is 9.94. The number of nitrogens with two attached hydrogens (primary N) is 1. The van der Waals surface area contributed by atoms with Gasteiger partial charge in [0.05, 0.1) is 21.7 Å². The Morgan fingerprint density at radius 1 is 1.10 bits per heavy atom. The lowest BCUT2D eigenvalue weighted by molar-refractivity contribution is -0.873. The van der Waals surface area contributed by atoms with Crippen LogP contribution in [-0.2, 0) is 16.4 Å². The van der Waals surface area contributed by atoms with Crippen molar-refractivity contribution in [2.45, 2.75) is 38.0 Å². The van der Waals surface area contributed by atoms with E-state index in [4.69, 9.17) is 5.73 Å². The molecule has 2 heterocycles. The zero-order valence-corrected chi connectivity index (χ0v) is 18.8. The standard InChI is InChI=1S/C23H25N5O2S/c1-15-14-22(26-31(30)17-10-8-16(9-11-17)23(2,3)4)27(25-15)19-6-5-7-20-18(19)12-13-21(24)28(20)29/h5-14,24,29H,1-4H3,(H,25,26)/p+1. The summed E-state index contributed by atoms with van der Waals surface area (Å²) in [4.78, 5) is 0.678. The number of fused-ring (bicyclic) bond motifs is 1. The van der Waals surface area contributed by atoms with E-state index in [9.17, 15) is 9.42 Å². The fraction of sp³-hybridized carbons (Fsp3) is 0.217. The molecule has 1 unspecified atom stereocenters. The lowest BCUT2D eigenvalue weighted by Gasteiger charge is -2.19. The number of rotatable bonds is 4. The number of anilines is 2. The molecule has 7 nitrogen and oxygen atoms in total. The Balaban J connectivity index is 1.71. The van der Waals surface area contributed by atoms with Crippen molar-refractivity contribution in [3.63, 3.8) is 0 Å². The zero-order chi connectivity index (χ0) is 22.3. The monoisotopic (exact) mass is 436 g/mol. The van der Waals surface area contributed by atoms with Crippen LogP contribution in [0, 0.1) is 6.92 Å². The van der Waals surface area contributed by atoms with Crippen LogP contribution in [0.1, 0.15) is 32.0 Å². The highest BCUT2D eigenvalue weighted by molar-refractivity contribution is 7.86. The second-order valence-electron chi connectivity index (χ2n) is 8.51. The van der Waals surface area contributed by atoms with Crippen LogP contribution in [0.25, 0.3) is 16.6 Å². The summed E-state index contributed by atoms with van der Waals surface area (Å²) in [5, 5.41) is 15.6. The van der Waals surface area contributed by atoms with E-state index in [0.717, 1.165) is 21.5 Å². The van der Waals surface area contributed by atoms with Gasteiger partial charge < -0.3 is 5.21 Å². The van der Waals surface area contributed by atoms with Crippen LogP contribution in [0.2, 0.25) is 0 Å². The van der Waals surface area contributed by atoms with E-state index in [1.807, 2.05) is 55.5 Å². The number of hydrogen-bond donors (Lipinski definition) is 3. The molecule has 4 rings (SSSR count). The smallest absolute Gasteiger partial charge is 0.312 e. The van der Waals surface area contributed by atoms with E-state index in [0.29, 0.717) is 16.2 Å². The number of nitrogens with one attached hydrogen (secondary N) is 1. The van der Waals surface area contributed by atoms with Gasteiger partial charge in [0.15, 0.2) is 16.5 Å². The normalized spacial score (nSPS) is 12.8. The summed E-state index contributed by atoms with van der Waals surface area (Å²) in [5.74, 6) is 0.823. The molecule has 4 N–H and O–H groups in total. The average Bonchev–Trinajstić information content (AvgIpc) is 3.09. The number of pyridine rings is 1. The molecular weight excluding hydrogens is 410 g/mol. The first-order valence-corrected chi connectivity index (χ1v) is 11.1. The maximum absolute atomic E-state index is 13.0. The number of aromatic nitrogens is 3. The van der Waals surface area contributed by atoms with Gasteiger partial charge >= 0.3 is 5.82 Å². The highest BCUT2D eigenvalue weighted by Crippen LogP contribution is 2.26. The van der Waals surface area contributed by atoms with Crippen molar-refractivity contribution in [2.24, 2.45) is 0 Å². The van der Waals surface area contributed by atoms with E-state index < -0.39 is 11.0 Å². The molecule has 0 aliphatic heterocycles. The molecule has 4 aromatic rings. The molecule has 0 saturated heterocycles. The lowest BCUT2D eigenvalue weighted by Crippen LogP contribution is -2.34. The van der Waals surface area contributed by atoms with Crippen LogP contribution in [0.5, 0.6) is 0 Å². The third-order valence-electron chi connectivity index (χ3n) is 5.15. The van der Waals surface area contributed by atoms with Crippen LogP contribution in [0.4, 0.5) is 11.6 Å². The summed E-state index contributed by atoms with van der Waals surface area (Å²) in [6, 6.07) is 18.5. The van der Waals surface area contributed by atoms with Gasteiger partial charge in [0, 0.05) is 12.1 Å². The van der Waals surface area contributed by atoms with E-state index in [2.05, 4.69) is 30.6 Å². The van der Waals surface area contributed by atoms with Crippen molar-refractivity contribution in [2.75, 3.05) is 10.5 Å². The molecule has 0 bridgehead atoms. The van der Waals surface area contributed by atoms with E-state index in [1.54, 1.807) is 16.8 Å². The molecule has 0 amide bonds. The topological polar surface area (TPSA) is 97.0 Å². The molecule has 0 radical (unpaired) electrons. The van der Waals surface area contributed by atoms with Gasteiger partial charge in [0.25, 0.3) is 0 Å². The SMILES string of the molecule is Cc1cc(NS(=O)c2ccc(C(C)(C)C)cc2)n(-c2cccc3c2ccc(N)[n+]3O)n1. The quantitative estimate of drug-likeness (QED) is 0.334.